The summed E-state index contributed by atoms with van der Waals surface area (Å²) < 4.78 is 4.72. The molecule has 6 heteroatoms. The summed E-state index contributed by atoms with van der Waals surface area (Å²) in [4.78, 5) is 27.1. The van der Waals surface area contributed by atoms with Crippen molar-refractivity contribution in [1.82, 2.24) is 4.90 Å². The molecule has 3 atom stereocenters. The molecule has 1 aliphatic rings. The van der Waals surface area contributed by atoms with Gasteiger partial charge in [0.2, 0.25) is 5.91 Å². The first kappa shape index (κ1) is 26.0. The van der Waals surface area contributed by atoms with E-state index in [1.165, 1.54) is 24.0 Å². The fourth-order valence-corrected chi connectivity index (χ4v) is 5.22. The number of benzene rings is 1. The van der Waals surface area contributed by atoms with Crippen molar-refractivity contribution in [3.05, 3.63) is 57.8 Å². The number of hydrogen-bond donors (Lipinski definition) is 1. The van der Waals surface area contributed by atoms with Gasteiger partial charge in [0.15, 0.2) is 0 Å². The van der Waals surface area contributed by atoms with Gasteiger partial charge in [0.25, 0.3) is 0 Å². The molecule has 0 saturated carbocycles. The van der Waals surface area contributed by atoms with Crippen molar-refractivity contribution in [1.29, 1.82) is 0 Å². The molecule has 1 N–H and O–H groups in total. The number of rotatable bonds is 11. The highest BCUT2D eigenvalue weighted by molar-refractivity contribution is 7.14. The molecule has 1 aliphatic heterocycles. The van der Waals surface area contributed by atoms with Gasteiger partial charge in [0.1, 0.15) is 4.88 Å². The van der Waals surface area contributed by atoms with E-state index in [4.69, 9.17) is 4.74 Å². The molecule has 182 valence electrons. The van der Waals surface area contributed by atoms with Crippen LogP contribution in [0.25, 0.3) is 0 Å². The minimum absolute atomic E-state index is 0.129. The molecule has 1 aromatic heterocycles. The molecule has 1 saturated heterocycles. The maximum atomic E-state index is 12.4. The van der Waals surface area contributed by atoms with Gasteiger partial charge in [0, 0.05) is 12.5 Å². The van der Waals surface area contributed by atoms with E-state index in [9.17, 15) is 14.7 Å². The van der Waals surface area contributed by atoms with E-state index < -0.39 is 0 Å². The van der Waals surface area contributed by atoms with Crippen molar-refractivity contribution >= 4 is 23.2 Å². The van der Waals surface area contributed by atoms with Crippen LogP contribution in [0.2, 0.25) is 0 Å². The van der Waals surface area contributed by atoms with Crippen LogP contribution in [0.5, 0.6) is 0 Å². The Labute approximate surface area is 207 Å². The predicted octanol–water partition coefficient (Wildman–Crippen LogP) is 5.07. The summed E-state index contributed by atoms with van der Waals surface area (Å²) in [6.45, 7) is 2.50. The van der Waals surface area contributed by atoms with E-state index in [1.54, 1.807) is 12.1 Å². The lowest BCUT2D eigenvalue weighted by molar-refractivity contribution is -0.128. The van der Waals surface area contributed by atoms with Crippen molar-refractivity contribution in [2.75, 3.05) is 13.7 Å². The number of carbonyl (C=O) groups is 2. The highest BCUT2D eigenvalue weighted by Gasteiger charge is 2.30. The maximum Gasteiger partial charge on any atom is 0.348 e. The topological polar surface area (TPSA) is 66.8 Å². The van der Waals surface area contributed by atoms with Crippen LogP contribution in [0.4, 0.5) is 0 Å². The second-order valence-corrected chi connectivity index (χ2v) is 10.1. The minimum atomic E-state index is -0.364. The van der Waals surface area contributed by atoms with E-state index in [0.717, 1.165) is 43.4 Å². The molecular weight excluding hydrogens is 446 g/mol. The van der Waals surface area contributed by atoms with Crippen LogP contribution in [-0.4, -0.2) is 47.7 Å². The molecule has 1 amide bonds. The smallest absolute Gasteiger partial charge is 0.348 e. The zero-order chi connectivity index (χ0) is 24.3. The van der Waals surface area contributed by atoms with Crippen LogP contribution in [0.15, 0.2) is 42.5 Å². The highest BCUT2D eigenvalue weighted by atomic mass is 32.1. The molecular formula is C28H35NO4S. The zero-order valence-electron chi connectivity index (χ0n) is 20.2. The quantitative estimate of drug-likeness (QED) is 0.277. The molecule has 0 bridgehead atoms. The van der Waals surface area contributed by atoms with Gasteiger partial charge in [-0.2, -0.15) is 0 Å². The number of likely N-dealkylation sites (tertiary alicyclic amines) is 1. The average molecular weight is 482 g/mol. The number of aliphatic hydroxyl groups is 1. The number of unbranched alkanes of at least 4 members (excludes halogenated alkanes) is 1. The summed E-state index contributed by atoms with van der Waals surface area (Å²) in [7, 11) is 1.36. The monoisotopic (exact) mass is 481 g/mol. The average Bonchev–Trinajstić information content (AvgIpc) is 3.47. The fraction of sp³-hybridized carbons (Fsp3) is 0.500. The van der Waals surface area contributed by atoms with Gasteiger partial charge in [-0.05, 0) is 62.1 Å². The molecule has 2 aromatic rings. The third kappa shape index (κ3) is 7.72. The molecule has 3 rings (SSSR count). The SMILES string of the molecule is COC(=O)c1ccc(C#CCN2C(=O)CC[C@@H]2CC[C@@H](O)[C@@H](C)CCCCc2ccccc2)s1. The van der Waals surface area contributed by atoms with E-state index in [2.05, 4.69) is 43.0 Å². The second-order valence-electron chi connectivity index (χ2n) is 9.02. The first-order chi connectivity index (χ1) is 16.5. The van der Waals surface area contributed by atoms with Crippen molar-refractivity contribution in [2.24, 2.45) is 5.92 Å². The van der Waals surface area contributed by atoms with Crippen LogP contribution in [0.1, 0.15) is 72.0 Å². The number of nitrogens with zero attached hydrogens (tertiary/aromatic N) is 1. The molecule has 1 fully saturated rings. The summed E-state index contributed by atoms with van der Waals surface area (Å²) >= 11 is 1.29. The van der Waals surface area contributed by atoms with Crippen LogP contribution in [0, 0.1) is 17.8 Å². The van der Waals surface area contributed by atoms with Crippen molar-refractivity contribution < 1.29 is 19.4 Å². The number of aliphatic hydroxyl groups excluding tert-OH is 1. The van der Waals surface area contributed by atoms with E-state index in [-0.39, 0.29) is 29.9 Å². The third-order valence-corrected chi connectivity index (χ3v) is 7.56. The second kappa shape index (κ2) is 13.3. The van der Waals surface area contributed by atoms with E-state index in [1.807, 2.05) is 11.0 Å². The summed E-state index contributed by atoms with van der Waals surface area (Å²) in [5.41, 5.74) is 1.37. The van der Waals surface area contributed by atoms with Crippen molar-refractivity contribution in [3.8, 4) is 11.8 Å². The first-order valence-electron chi connectivity index (χ1n) is 12.2. The normalized spacial score (nSPS) is 17.2. The lowest BCUT2D eigenvalue weighted by Crippen LogP contribution is -2.34. The molecule has 0 aliphatic carbocycles. The Morgan fingerprint density at radius 3 is 2.76 bits per heavy atom. The van der Waals surface area contributed by atoms with Crippen LogP contribution in [-0.2, 0) is 16.0 Å². The van der Waals surface area contributed by atoms with Gasteiger partial charge < -0.3 is 14.7 Å². The molecule has 0 radical (unpaired) electrons. The first-order valence-corrected chi connectivity index (χ1v) is 13.0. The highest BCUT2D eigenvalue weighted by Crippen LogP contribution is 2.25. The van der Waals surface area contributed by atoms with Crippen LogP contribution >= 0.6 is 11.3 Å². The molecule has 5 nitrogen and oxygen atoms in total. The Bertz CT molecular complexity index is 991. The molecule has 2 heterocycles. The Kier molecular flexibility index (Phi) is 10.2. The van der Waals surface area contributed by atoms with Gasteiger partial charge >= 0.3 is 5.97 Å². The van der Waals surface area contributed by atoms with Gasteiger partial charge in [-0.25, -0.2) is 4.79 Å². The van der Waals surface area contributed by atoms with E-state index in [0.29, 0.717) is 24.3 Å². The Hall–Kier alpha value is -2.62. The number of esters is 1. The maximum absolute atomic E-state index is 12.4. The molecule has 0 spiro atoms. The summed E-state index contributed by atoms with van der Waals surface area (Å²) in [5.74, 6) is 6.15. The number of methoxy groups -OCH3 is 1. The number of amides is 1. The largest absolute Gasteiger partial charge is 0.465 e. The molecule has 0 unspecified atom stereocenters. The third-order valence-electron chi connectivity index (χ3n) is 6.58. The fourth-order valence-electron chi connectivity index (χ4n) is 4.42. The summed E-state index contributed by atoms with van der Waals surface area (Å²) in [6.07, 6.45) is 6.87. The summed E-state index contributed by atoms with van der Waals surface area (Å²) in [5, 5.41) is 10.7. The van der Waals surface area contributed by atoms with Gasteiger partial charge in [-0.3, -0.25) is 4.79 Å². The van der Waals surface area contributed by atoms with Crippen molar-refractivity contribution in [3.63, 3.8) is 0 Å². The van der Waals surface area contributed by atoms with Gasteiger partial charge in [-0.15, -0.1) is 11.3 Å². The van der Waals surface area contributed by atoms with Crippen LogP contribution < -0.4 is 0 Å². The molecule has 1 aromatic carbocycles. The zero-order valence-corrected chi connectivity index (χ0v) is 21.0. The molecule has 34 heavy (non-hydrogen) atoms. The lowest BCUT2D eigenvalue weighted by atomic mass is 9.92. The summed E-state index contributed by atoms with van der Waals surface area (Å²) in [6, 6.07) is 14.2. The number of hydrogen-bond acceptors (Lipinski definition) is 5. The Balaban J connectivity index is 1.40. The number of carbonyl (C=O) groups excluding carboxylic acids is 2. The van der Waals surface area contributed by atoms with E-state index >= 15 is 0 Å². The van der Waals surface area contributed by atoms with Gasteiger partial charge in [-0.1, -0.05) is 55.5 Å². The lowest BCUT2D eigenvalue weighted by Gasteiger charge is -2.25. The predicted molar refractivity (Wildman–Crippen MR) is 136 cm³/mol. The van der Waals surface area contributed by atoms with Crippen LogP contribution in [0.3, 0.4) is 0 Å². The minimum Gasteiger partial charge on any atom is -0.465 e. The number of ether oxygens (including phenoxy) is 1. The Morgan fingerprint density at radius 1 is 1.21 bits per heavy atom. The van der Waals surface area contributed by atoms with Crippen molar-refractivity contribution in [2.45, 2.75) is 70.4 Å². The standard InChI is InChI=1S/C28H35NO4S/c1-21(9-6-7-12-22-10-4-3-5-11-22)25(30)17-14-23-15-19-27(31)29(23)20-8-13-24-16-18-26(34-24)28(32)33-2/h3-5,10-11,16,18,21,23,25,30H,6-7,9,12,14-15,17,19-20H2,1-2H3/t21-,23-,25+/m0/s1. The number of aryl methyl sites for hydroxylation is 1. The van der Waals surface area contributed by atoms with Gasteiger partial charge in [0.05, 0.1) is 24.6 Å². The number of thiophene rings is 1. The Morgan fingerprint density at radius 2 is 2.00 bits per heavy atom.